The monoisotopic (exact) mass is 386 g/mol. The van der Waals surface area contributed by atoms with E-state index >= 15 is 0 Å². The Morgan fingerprint density at radius 2 is 2.10 bits per heavy atom. The zero-order valence-corrected chi connectivity index (χ0v) is 13.6. The second-order valence-electron chi connectivity index (χ2n) is 5.31. The number of hydrogen-bond donors (Lipinski definition) is 1. The van der Waals surface area contributed by atoms with E-state index in [1.807, 2.05) is 20.8 Å². The van der Waals surface area contributed by atoms with Gasteiger partial charge in [0.25, 0.3) is 0 Å². The highest BCUT2D eigenvalue weighted by atomic mass is 127. The first kappa shape index (κ1) is 14.8. The Morgan fingerprint density at radius 1 is 1.40 bits per heavy atom. The van der Waals surface area contributed by atoms with E-state index in [4.69, 9.17) is 10.3 Å². The number of carbonyl (C=O) groups is 1. The summed E-state index contributed by atoms with van der Waals surface area (Å²) in [7, 11) is 0. The van der Waals surface area contributed by atoms with Gasteiger partial charge in [0.05, 0.1) is 5.69 Å². The SMILES string of the molecule is CC(C)(C)c1cc(N(C(N)=O)c2ccnc(I)c2)no1. The molecule has 2 aromatic heterocycles. The number of primary amides is 1. The summed E-state index contributed by atoms with van der Waals surface area (Å²) in [6, 6.07) is 4.54. The molecule has 0 aliphatic carbocycles. The molecule has 20 heavy (non-hydrogen) atoms. The van der Waals surface area contributed by atoms with Crippen LogP contribution in [0.25, 0.3) is 0 Å². The first-order valence-corrected chi connectivity index (χ1v) is 7.05. The zero-order chi connectivity index (χ0) is 14.9. The molecule has 0 fully saturated rings. The van der Waals surface area contributed by atoms with Gasteiger partial charge in [0.15, 0.2) is 5.82 Å². The average Bonchev–Trinajstić information content (AvgIpc) is 2.77. The number of nitrogens with two attached hydrogens (primary N) is 1. The maximum atomic E-state index is 11.7. The van der Waals surface area contributed by atoms with Crippen molar-refractivity contribution in [2.45, 2.75) is 26.2 Å². The second-order valence-corrected chi connectivity index (χ2v) is 6.42. The molecular formula is C13H15IN4O2. The highest BCUT2D eigenvalue weighted by molar-refractivity contribution is 14.1. The van der Waals surface area contributed by atoms with Crippen LogP contribution < -0.4 is 10.6 Å². The Kier molecular flexibility index (Phi) is 3.98. The van der Waals surface area contributed by atoms with E-state index in [1.54, 1.807) is 24.4 Å². The molecule has 0 atom stereocenters. The molecule has 7 heteroatoms. The Morgan fingerprint density at radius 3 is 2.60 bits per heavy atom. The Bertz CT molecular complexity index is 633. The minimum absolute atomic E-state index is 0.193. The van der Waals surface area contributed by atoms with Crippen molar-refractivity contribution in [1.29, 1.82) is 0 Å². The summed E-state index contributed by atoms with van der Waals surface area (Å²) in [5.74, 6) is 1.05. The van der Waals surface area contributed by atoms with Gasteiger partial charge in [0, 0.05) is 17.7 Å². The third kappa shape index (κ3) is 3.09. The molecule has 2 heterocycles. The molecule has 6 nitrogen and oxygen atoms in total. The minimum Gasteiger partial charge on any atom is -0.359 e. The van der Waals surface area contributed by atoms with Gasteiger partial charge in [-0.3, -0.25) is 4.98 Å². The van der Waals surface area contributed by atoms with Gasteiger partial charge in [0.2, 0.25) is 0 Å². The second kappa shape index (κ2) is 5.39. The lowest BCUT2D eigenvalue weighted by molar-refractivity contribution is 0.255. The standard InChI is InChI=1S/C13H15IN4O2/c1-13(2,3)9-7-11(17-20-9)18(12(15)19)8-4-5-16-10(14)6-8/h4-7H,1-3H3,(H2,15,19). The van der Waals surface area contributed by atoms with Crippen molar-refractivity contribution in [3.8, 4) is 0 Å². The molecule has 2 aromatic rings. The molecule has 0 aromatic carbocycles. The summed E-state index contributed by atoms with van der Waals surface area (Å²) in [6.07, 6.45) is 1.61. The molecule has 0 saturated carbocycles. The summed E-state index contributed by atoms with van der Waals surface area (Å²) < 4.78 is 6.05. The predicted molar refractivity (Wildman–Crippen MR) is 83.9 cm³/mol. The molecule has 0 bridgehead atoms. The van der Waals surface area contributed by atoms with Crippen LogP contribution in [0.5, 0.6) is 0 Å². The molecule has 0 aliphatic heterocycles. The van der Waals surface area contributed by atoms with Gasteiger partial charge >= 0.3 is 6.03 Å². The summed E-state index contributed by atoms with van der Waals surface area (Å²) in [4.78, 5) is 17.1. The van der Waals surface area contributed by atoms with Crippen LogP contribution in [0, 0.1) is 3.70 Å². The van der Waals surface area contributed by atoms with Gasteiger partial charge in [-0.05, 0) is 34.7 Å². The number of halogens is 1. The molecule has 0 spiro atoms. The largest absolute Gasteiger partial charge is 0.359 e. The van der Waals surface area contributed by atoms with E-state index < -0.39 is 6.03 Å². The average molecular weight is 386 g/mol. The van der Waals surface area contributed by atoms with Crippen molar-refractivity contribution in [1.82, 2.24) is 10.1 Å². The molecule has 0 aliphatic rings. The number of amides is 2. The normalized spacial score (nSPS) is 11.4. The molecule has 0 unspecified atom stereocenters. The van der Waals surface area contributed by atoms with E-state index in [2.05, 4.69) is 32.7 Å². The lowest BCUT2D eigenvalue weighted by Gasteiger charge is -2.17. The fourth-order valence-electron chi connectivity index (χ4n) is 1.63. The molecule has 0 saturated heterocycles. The minimum atomic E-state index is -0.624. The number of nitrogens with zero attached hydrogens (tertiary/aromatic N) is 3. The fourth-order valence-corrected chi connectivity index (χ4v) is 2.11. The van der Waals surface area contributed by atoms with Gasteiger partial charge in [-0.2, -0.15) is 0 Å². The van der Waals surface area contributed by atoms with Crippen LogP contribution in [-0.4, -0.2) is 16.2 Å². The number of rotatable bonds is 2. The summed E-state index contributed by atoms with van der Waals surface area (Å²) in [5, 5.41) is 3.94. The predicted octanol–water partition coefficient (Wildman–Crippen LogP) is 3.19. The van der Waals surface area contributed by atoms with Crippen LogP contribution in [0.2, 0.25) is 0 Å². The van der Waals surface area contributed by atoms with Crippen LogP contribution in [-0.2, 0) is 5.41 Å². The summed E-state index contributed by atoms with van der Waals surface area (Å²) >= 11 is 2.07. The number of pyridine rings is 1. The van der Waals surface area contributed by atoms with Crippen molar-refractivity contribution in [2.24, 2.45) is 5.73 Å². The highest BCUT2D eigenvalue weighted by Crippen LogP contribution is 2.30. The lowest BCUT2D eigenvalue weighted by atomic mass is 9.93. The van der Waals surface area contributed by atoms with E-state index in [1.165, 1.54) is 4.90 Å². The van der Waals surface area contributed by atoms with Crippen molar-refractivity contribution in [3.63, 3.8) is 0 Å². The van der Waals surface area contributed by atoms with E-state index in [0.29, 0.717) is 17.3 Å². The fraction of sp³-hybridized carbons (Fsp3) is 0.308. The van der Waals surface area contributed by atoms with Crippen molar-refractivity contribution < 1.29 is 9.32 Å². The van der Waals surface area contributed by atoms with Crippen molar-refractivity contribution in [3.05, 3.63) is 33.9 Å². The van der Waals surface area contributed by atoms with Crippen LogP contribution in [0.1, 0.15) is 26.5 Å². The van der Waals surface area contributed by atoms with Gasteiger partial charge < -0.3 is 10.3 Å². The van der Waals surface area contributed by atoms with Gasteiger partial charge in [-0.25, -0.2) is 9.69 Å². The number of aromatic nitrogens is 2. The number of urea groups is 1. The quantitative estimate of drug-likeness (QED) is 0.635. The van der Waals surface area contributed by atoms with Crippen molar-refractivity contribution >= 4 is 40.1 Å². The molecule has 0 radical (unpaired) electrons. The van der Waals surface area contributed by atoms with Gasteiger partial charge in [-0.15, -0.1) is 0 Å². The molecule has 2 amide bonds. The van der Waals surface area contributed by atoms with Gasteiger partial charge in [-0.1, -0.05) is 25.9 Å². The Hall–Kier alpha value is -1.64. The number of hydrogen-bond acceptors (Lipinski definition) is 4. The summed E-state index contributed by atoms with van der Waals surface area (Å²) in [5.41, 5.74) is 5.86. The number of carbonyl (C=O) groups excluding carboxylic acids is 1. The Labute approximate surface area is 130 Å². The third-order valence-corrected chi connectivity index (χ3v) is 3.24. The third-order valence-electron chi connectivity index (χ3n) is 2.65. The molecular weight excluding hydrogens is 371 g/mol. The maximum Gasteiger partial charge on any atom is 0.325 e. The first-order valence-electron chi connectivity index (χ1n) is 5.97. The smallest absolute Gasteiger partial charge is 0.325 e. The first-order chi connectivity index (χ1) is 9.29. The van der Waals surface area contributed by atoms with E-state index in [9.17, 15) is 4.79 Å². The van der Waals surface area contributed by atoms with Crippen LogP contribution in [0.15, 0.2) is 28.9 Å². The zero-order valence-electron chi connectivity index (χ0n) is 11.4. The van der Waals surface area contributed by atoms with E-state index in [0.717, 1.165) is 3.70 Å². The molecule has 2 N–H and O–H groups in total. The molecule has 106 valence electrons. The summed E-state index contributed by atoms with van der Waals surface area (Å²) in [6.45, 7) is 6.00. The van der Waals surface area contributed by atoms with Crippen LogP contribution in [0.4, 0.5) is 16.3 Å². The topological polar surface area (TPSA) is 85.2 Å². The van der Waals surface area contributed by atoms with Crippen LogP contribution in [0.3, 0.4) is 0 Å². The Balaban J connectivity index is 2.44. The van der Waals surface area contributed by atoms with E-state index in [-0.39, 0.29) is 5.41 Å². The van der Waals surface area contributed by atoms with Gasteiger partial charge in [0.1, 0.15) is 9.46 Å². The molecule has 2 rings (SSSR count). The highest BCUT2D eigenvalue weighted by Gasteiger charge is 2.24. The number of anilines is 2. The van der Waals surface area contributed by atoms with Crippen LogP contribution >= 0.6 is 22.6 Å². The van der Waals surface area contributed by atoms with Crippen molar-refractivity contribution in [2.75, 3.05) is 4.90 Å². The maximum absolute atomic E-state index is 11.7. The lowest BCUT2D eigenvalue weighted by Crippen LogP contribution is -2.31.